The highest BCUT2D eigenvalue weighted by Crippen LogP contribution is 2.32. The number of hydrogen-bond acceptors (Lipinski definition) is 2. The summed E-state index contributed by atoms with van der Waals surface area (Å²) in [7, 11) is 0. The highest BCUT2D eigenvalue weighted by Gasteiger charge is 2.39. The fourth-order valence-electron chi connectivity index (χ4n) is 1.56. The first-order valence-corrected chi connectivity index (χ1v) is 4.09. The molecule has 0 spiro atoms. The summed E-state index contributed by atoms with van der Waals surface area (Å²) in [5.41, 5.74) is 0.260. The summed E-state index contributed by atoms with van der Waals surface area (Å²) in [6.07, 6.45) is 1.11. The summed E-state index contributed by atoms with van der Waals surface area (Å²) in [5, 5.41) is 9.02. The number of likely N-dealkylation sites (tertiary alicyclic amines) is 1. The van der Waals surface area contributed by atoms with E-state index in [4.69, 9.17) is 5.11 Å². The van der Waals surface area contributed by atoms with Crippen molar-refractivity contribution in [2.45, 2.75) is 20.3 Å². The molecule has 10 heavy (non-hydrogen) atoms. The van der Waals surface area contributed by atoms with Gasteiger partial charge in [0.15, 0.2) is 0 Å². The molecule has 1 N–H and O–H groups in total. The molecule has 0 amide bonds. The number of rotatable bonds is 3. The first-order valence-electron chi connectivity index (χ1n) is 4.09. The molecule has 0 aromatic carbocycles. The van der Waals surface area contributed by atoms with Gasteiger partial charge in [-0.05, 0) is 13.0 Å². The van der Waals surface area contributed by atoms with E-state index >= 15 is 0 Å². The van der Waals surface area contributed by atoms with Gasteiger partial charge in [-0.15, -0.1) is 0 Å². The molecular weight excluding hydrogens is 126 g/mol. The molecule has 0 aromatic rings. The number of aliphatic hydroxyl groups is 1. The van der Waals surface area contributed by atoms with E-state index in [1.165, 1.54) is 0 Å². The zero-order valence-corrected chi connectivity index (χ0v) is 6.93. The standard InChI is InChI=1S/C8H17NO/c1-3-8(7-10)5-9(4-2)6-8/h10H,3-7H2,1-2H3. The summed E-state index contributed by atoms with van der Waals surface area (Å²) in [4.78, 5) is 2.36. The highest BCUT2D eigenvalue weighted by atomic mass is 16.3. The fraction of sp³-hybridized carbons (Fsp3) is 1.00. The Labute approximate surface area is 62.8 Å². The number of hydrogen-bond donors (Lipinski definition) is 1. The van der Waals surface area contributed by atoms with Crippen LogP contribution >= 0.6 is 0 Å². The van der Waals surface area contributed by atoms with Crippen LogP contribution in [0, 0.1) is 5.41 Å². The van der Waals surface area contributed by atoms with Crippen LogP contribution in [0.4, 0.5) is 0 Å². The van der Waals surface area contributed by atoms with Crippen LogP contribution in [-0.2, 0) is 0 Å². The maximum atomic E-state index is 9.02. The van der Waals surface area contributed by atoms with E-state index in [0.29, 0.717) is 6.61 Å². The van der Waals surface area contributed by atoms with E-state index in [2.05, 4.69) is 18.7 Å². The fourth-order valence-corrected chi connectivity index (χ4v) is 1.56. The lowest BCUT2D eigenvalue weighted by atomic mass is 9.78. The van der Waals surface area contributed by atoms with Crippen LogP contribution < -0.4 is 0 Å². The minimum Gasteiger partial charge on any atom is -0.396 e. The van der Waals surface area contributed by atoms with Gasteiger partial charge < -0.3 is 10.0 Å². The number of nitrogens with zero attached hydrogens (tertiary/aromatic N) is 1. The van der Waals surface area contributed by atoms with Crippen LogP contribution in [0.15, 0.2) is 0 Å². The predicted molar refractivity (Wildman–Crippen MR) is 41.9 cm³/mol. The van der Waals surface area contributed by atoms with E-state index in [0.717, 1.165) is 26.1 Å². The summed E-state index contributed by atoms with van der Waals surface area (Å²) >= 11 is 0. The van der Waals surface area contributed by atoms with Gasteiger partial charge in [-0.25, -0.2) is 0 Å². The molecule has 0 radical (unpaired) electrons. The topological polar surface area (TPSA) is 23.5 Å². The highest BCUT2D eigenvalue weighted by molar-refractivity contribution is 4.92. The molecule has 0 atom stereocenters. The zero-order chi connectivity index (χ0) is 7.61. The summed E-state index contributed by atoms with van der Waals surface area (Å²) in [5.74, 6) is 0. The Morgan fingerprint density at radius 2 is 2.00 bits per heavy atom. The quantitative estimate of drug-likeness (QED) is 0.629. The Morgan fingerprint density at radius 1 is 1.40 bits per heavy atom. The average Bonchev–Trinajstić information content (AvgIpc) is 1.89. The minimum atomic E-state index is 0.260. The van der Waals surface area contributed by atoms with Crippen molar-refractivity contribution in [2.24, 2.45) is 5.41 Å². The predicted octanol–water partition coefficient (Wildman–Crippen LogP) is 0.711. The summed E-state index contributed by atoms with van der Waals surface area (Å²) in [6.45, 7) is 7.99. The van der Waals surface area contributed by atoms with Crippen LogP contribution in [0.25, 0.3) is 0 Å². The molecule has 0 unspecified atom stereocenters. The molecule has 0 saturated carbocycles. The van der Waals surface area contributed by atoms with Gasteiger partial charge in [0.2, 0.25) is 0 Å². The second-order valence-corrected chi connectivity index (χ2v) is 3.31. The Balaban J connectivity index is 2.31. The van der Waals surface area contributed by atoms with E-state index in [-0.39, 0.29) is 5.41 Å². The molecule has 1 aliphatic heterocycles. The van der Waals surface area contributed by atoms with Crippen LogP contribution in [0.5, 0.6) is 0 Å². The second-order valence-electron chi connectivity index (χ2n) is 3.31. The van der Waals surface area contributed by atoms with Crippen molar-refractivity contribution in [3.63, 3.8) is 0 Å². The monoisotopic (exact) mass is 143 g/mol. The van der Waals surface area contributed by atoms with E-state index in [1.54, 1.807) is 0 Å². The van der Waals surface area contributed by atoms with Crippen molar-refractivity contribution < 1.29 is 5.11 Å². The molecular formula is C8H17NO. The third kappa shape index (κ3) is 1.18. The molecule has 0 bridgehead atoms. The molecule has 60 valence electrons. The Hall–Kier alpha value is -0.0800. The van der Waals surface area contributed by atoms with Crippen LogP contribution in [0.2, 0.25) is 0 Å². The molecule has 2 nitrogen and oxygen atoms in total. The molecule has 1 saturated heterocycles. The Kier molecular flexibility index (Phi) is 2.32. The van der Waals surface area contributed by atoms with Crippen molar-refractivity contribution >= 4 is 0 Å². The third-order valence-electron chi connectivity index (χ3n) is 2.65. The van der Waals surface area contributed by atoms with Crippen LogP contribution in [0.1, 0.15) is 20.3 Å². The number of aliphatic hydroxyl groups excluding tert-OH is 1. The SMILES string of the molecule is CCN1CC(CC)(CO)C1. The van der Waals surface area contributed by atoms with Gasteiger partial charge in [0.05, 0.1) is 6.61 Å². The van der Waals surface area contributed by atoms with Gasteiger partial charge in [-0.3, -0.25) is 0 Å². The first kappa shape index (κ1) is 8.02. The molecule has 1 heterocycles. The van der Waals surface area contributed by atoms with Gasteiger partial charge in [-0.2, -0.15) is 0 Å². The van der Waals surface area contributed by atoms with Gasteiger partial charge >= 0.3 is 0 Å². The molecule has 2 heteroatoms. The van der Waals surface area contributed by atoms with Crippen molar-refractivity contribution in [2.75, 3.05) is 26.2 Å². The lowest BCUT2D eigenvalue weighted by molar-refractivity contribution is -0.0404. The molecule has 1 aliphatic rings. The van der Waals surface area contributed by atoms with Crippen molar-refractivity contribution in [1.29, 1.82) is 0 Å². The summed E-state index contributed by atoms with van der Waals surface area (Å²) in [6, 6.07) is 0. The maximum absolute atomic E-state index is 9.02. The van der Waals surface area contributed by atoms with Gasteiger partial charge in [0, 0.05) is 18.5 Å². The Morgan fingerprint density at radius 3 is 2.30 bits per heavy atom. The second kappa shape index (κ2) is 2.89. The largest absolute Gasteiger partial charge is 0.396 e. The van der Waals surface area contributed by atoms with Crippen LogP contribution in [0.3, 0.4) is 0 Å². The molecule has 1 fully saturated rings. The van der Waals surface area contributed by atoms with Crippen molar-refractivity contribution in [3.05, 3.63) is 0 Å². The molecule has 1 rings (SSSR count). The van der Waals surface area contributed by atoms with E-state index < -0.39 is 0 Å². The van der Waals surface area contributed by atoms with Crippen molar-refractivity contribution in [3.8, 4) is 0 Å². The van der Waals surface area contributed by atoms with Crippen LogP contribution in [-0.4, -0.2) is 36.2 Å². The lowest BCUT2D eigenvalue weighted by Gasteiger charge is -2.48. The summed E-state index contributed by atoms with van der Waals surface area (Å²) < 4.78 is 0. The molecule has 0 aliphatic carbocycles. The first-order chi connectivity index (χ1) is 4.76. The average molecular weight is 143 g/mol. The normalized spacial score (nSPS) is 24.3. The maximum Gasteiger partial charge on any atom is 0.0511 e. The van der Waals surface area contributed by atoms with Gasteiger partial charge in [0.25, 0.3) is 0 Å². The van der Waals surface area contributed by atoms with Crippen molar-refractivity contribution in [1.82, 2.24) is 4.90 Å². The van der Waals surface area contributed by atoms with E-state index in [1.807, 2.05) is 0 Å². The minimum absolute atomic E-state index is 0.260. The molecule has 0 aromatic heterocycles. The lowest BCUT2D eigenvalue weighted by Crippen LogP contribution is -2.57. The zero-order valence-electron chi connectivity index (χ0n) is 6.93. The third-order valence-corrected chi connectivity index (χ3v) is 2.65. The van der Waals surface area contributed by atoms with Gasteiger partial charge in [0.1, 0.15) is 0 Å². The Bertz CT molecular complexity index is 102. The van der Waals surface area contributed by atoms with Gasteiger partial charge in [-0.1, -0.05) is 13.8 Å². The smallest absolute Gasteiger partial charge is 0.0511 e. The van der Waals surface area contributed by atoms with E-state index in [9.17, 15) is 0 Å².